The van der Waals surface area contributed by atoms with Gasteiger partial charge in [0, 0.05) is 0 Å². The first-order chi connectivity index (χ1) is 14.1. The van der Waals surface area contributed by atoms with Crippen LogP contribution in [0.2, 0.25) is 0 Å². The summed E-state index contributed by atoms with van der Waals surface area (Å²) in [6.45, 7) is 9.01. The molecule has 0 heterocycles. The van der Waals surface area contributed by atoms with E-state index in [1.54, 1.807) is 0 Å². The summed E-state index contributed by atoms with van der Waals surface area (Å²) in [4.78, 5) is 11.3. The van der Waals surface area contributed by atoms with Crippen molar-refractivity contribution in [1.82, 2.24) is 0 Å². The fourth-order valence-corrected chi connectivity index (χ4v) is 9.11. The van der Waals surface area contributed by atoms with Crippen molar-refractivity contribution in [2.24, 2.45) is 52.3 Å². The number of hydrogen-bond acceptors (Lipinski definition) is 3. The van der Waals surface area contributed by atoms with E-state index in [0.717, 1.165) is 38.5 Å². The van der Waals surface area contributed by atoms with Crippen LogP contribution in [0.5, 0.6) is 0 Å². The molecule has 0 aromatic rings. The molecule has 4 aliphatic carbocycles. The highest BCUT2D eigenvalue weighted by Crippen LogP contribution is 2.69. The molecular formula is C26H44O4. The van der Waals surface area contributed by atoms with Crippen molar-refractivity contribution in [3.63, 3.8) is 0 Å². The van der Waals surface area contributed by atoms with E-state index in [9.17, 15) is 20.1 Å². The lowest BCUT2D eigenvalue weighted by Crippen LogP contribution is -2.62. The van der Waals surface area contributed by atoms with Crippen molar-refractivity contribution in [2.75, 3.05) is 0 Å². The smallest absolute Gasteiger partial charge is 0.306 e. The molecule has 0 radical (unpaired) electrons. The monoisotopic (exact) mass is 420 g/mol. The van der Waals surface area contributed by atoms with Crippen molar-refractivity contribution in [3.05, 3.63) is 0 Å². The van der Waals surface area contributed by atoms with Gasteiger partial charge in [-0.15, -0.1) is 0 Å². The zero-order valence-corrected chi connectivity index (χ0v) is 19.5. The molecule has 30 heavy (non-hydrogen) atoms. The van der Waals surface area contributed by atoms with Crippen LogP contribution in [-0.2, 0) is 4.79 Å². The zero-order valence-electron chi connectivity index (χ0n) is 19.5. The van der Waals surface area contributed by atoms with Gasteiger partial charge in [0.05, 0.1) is 18.1 Å². The second-order valence-electron chi connectivity index (χ2n) is 12.0. The number of hydrogen-bond donors (Lipinski definition) is 3. The predicted molar refractivity (Wildman–Crippen MR) is 118 cm³/mol. The maximum atomic E-state index is 11.7. The molecule has 4 nitrogen and oxygen atoms in total. The average Bonchev–Trinajstić information content (AvgIpc) is 3.04. The predicted octanol–water partition coefficient (Wildman–Crippen LogP) is 5.11. The summed E-state index contributed by atoms with van der Waals surface area (Å²) in [5.74, 6) is 1.92. The van der Waals surface area contributed by atoms with Crippen LogP contribution in [0.25, 0.3) is 0 Å². The minimum absolute atomic E-state index is 0.193. The Morgan fingerprint density at radius 1 is 1.00 bits per heavy atom. The van der Waals surface area contributed by atoms with Crippen LogP contribution in [0.3, 0.4) is 0 Å². The number of aliphatic carboxylic acids is 1. The Morgan fingerprint density at radius 2 is 1.67 bits per heavy atom. The SMILES string of the molecule is CC[C@H]1[C@@H](O)C2C3CC[C@H](CC[C@H](C)C(=O)O)[C@@]3(C)CCC2[C@@]2(C)CC[C@@H](O)C[C@@H]12. The highest BCUT2D eigenvalue weighted by molar-refractivity contribution is 5.69. The minimum Gasteiger partial charge on any atom is -0.481 e. The molecule has 3 unspecified atom stereocenters. The van der Waals surface area contributed by atoms with E-state index >= 15 is 0 Å². The van der Waals surface area contributed by atoms with Crippen molar-refractivity contribution in [3.8, 4) is 0 Å². The summed E-state index contributed by atoms with van der Waals surface area (Å²) in [5, 5.41) is 31.4. The molecule has 4 heteroatoms. The van der Waals surface area contributed by atoms with Gasteiger partial charge in [-0.1, -0.05) is 34.1 Å². The van der Waals surface area contributed by atoms with E-state index in [2.05, 4.69) is 20.8 Å². The molecule has 0 aromatic heterocycles. The molecule has 0 bridgehead atoms. The third kappa shape index (κ3) is 3.36. The molecule has 0 saturated heterocycles. The van der Waals surface area contributed by atoms with Crippen LogP contribution in [0, 0.1) is 52.3 Å². The van der Waals surface area contributed by atoms with Gasteiger partial charge in [-0.2, -0.15) is 0 Å². The van der Waals surface area contributed by atoms with Gasteiger partial charge < -0.3 is 15.3 Å². The Morgan fingerprint density at radius 3 is 2.33 bits per heavy atom. The number of aliphatic hydroxyl groups is 2. The molecule has 4 fully saturated rings. The number of carboxylic acids is 1. The lowest BCUT2D eigenvalue weighted by molar-refractivity contribution is -0.202. The lowest BCUT2D eigenvalue weighted by Gasteiger charge is -2.64. The molecule has 11 atom stereocenters. The quantitative estimate of drug-likeness (QED) is 0.577. The van der Waals surface area contributed by atoms with Gasteiger partial charge >= 0.3 is 5.97 Å². The summed E-state index contributed by atoms with van der Waals surface area (Å²) in [7, 11) is 0. The summed E-state index contributed by atoms with van der Waals surface area (Å²) in [6.07, 6.45) is 10.0. The lowest BCUT2D eigenvalue weighted by atomic mass is 9.41. The Balaban J connectivity index is 1.58. The van der Waals surface area contributed by atoms with Gasteiger partial charge in [0.25, 0.3) is 0 Å². The largest absolute Gasteiger partial charge is 0.481 e. The second-order valence-corrected chi connectivity index (χ2v) is 12.0. The highest BCUT2D eigenvalue weighted by atomic mass is 16.4. The van der Waals surface area contributed by atoms with Crippen LogP contribution in [-0.4, -0.2) is 33.5 Å². The molecule has 0 spiro atoms. The van der Waals surface area contributed by atoms with Crippen molar-refractivity contribution in [1.29, 1.82) is 0 Å². The second kappa shape index (κ2) is 8.06. The van der Waals surface area contributed by atoms with Crippen molar-refractivity contribution >= 4 is 5.97 Å². The van der Waals surface area contributed by atoms with Gasteiger partial charge in [-0.25, -0.2) is 0 Å². The molecular weight excluding hydrogens is 376 g/mol. The van der Waals surface area contributed by atoms with E-state index in [1.165, 1.54) is 25.7 Å². The highest BCUT2D eigenvalue weighted by Gasteiger charge is 2.64. The summed E-state index contributed by atoms with van der Waals surface area (Å²) >= 11 is 0. The number of carboxylic acid groups (broad SMARTS) is 1. The summed E-state index contributed by atoms with van der Waals surface area (Å²) in [6, 6.07) is 0. The van der Waals surface area contributed by atoms with E-state index in [1.807, 2.05) is 6.92 Å². The molecule has 4 saturated carbocycles. The maximum Gasteiger partial charge on any atom is 0.306 e. The summed E-state index contributed by atoms with van der Waals surface area (Å²) in [5.41, 5.74) is 0.497. The molecule has 0 aliphatic heterocycles. The molecule has 4 aliphatic rings. The topological polar surface area (TPSA) is 77.8 Å². The molecule has 172 valence electrons. The molecule has 0 aromatic carbocycles. The van der Waals surface area contributed by atoms with Crippen LogP contribution in [0.15, 0.2) is 0 Å². The van der Waals surface area contributed by atoms with Gasteiger partial charge in [0.1, 0.15) is 0 Å². The van der Waals surface area contributed by atoms with Crippen molar-refractivity contribution < 1.29 is 20.1 Å². The average molecular weight is 421 g/mol. The zero-order chi connectivity index (χ0) is 21.8. The van der Waals surface area contributed by atoms with Crippen LogP contribution >= 0.6 is 0 Å². The first kappa shape index (κ1) is 22.6. The first-order valence-corrected chi connectivity index (χ1v) is 12.7. The van der Waals surface area contributed by atoms with Gasteiger partial charge in [0.15, 0.2) is 0 Å². The van der Waals surface area contributed by atoms with Crippen LogP contribution in [0.4, 0.5) is 0 Å². The standard InChI is InChI=1S/C26H44O4/c1-5-18-21-14-17(27)10-12-26(21,4)20-11-13-25(3)16(7-6-15(2)24(29)30)8-9-19(25)22(20)23(18)28/h15-23,27-28H,5-14H2,1-4H3,(H,29,30)/t15-,16-,17+,18+,19?,20?,21-,22?,23+,25+,26+/m0/s1. The van der Waals surface area contributed by atoms with Crippen molar-refractivity contribution in [2.45, 2.75) is 104 Å². The normalized spacial score (nSPS) is 51.5. The summed E-state index contributed by atoms with van der Waals surface area (Å²) < 4.78 is 0. The molecule has 4 rings (SSSR count). The van der Waals surface area contributed by atoms with E-state index in [-0.39, 0.29) is 29.0 Å². The fourth-order valence-electron chi connectivity index (χ4n) is 9.11. The Labute approximate surface area is 182 Å². The number of carbonyl (C=O) groups is 1. The van der Waals surface area contributed by atoms with E-state index in [4.69, 9.17) is 0 Å². The van der Waals surface area contributed by atoms with Gasteiger partial charge in [-0.05, 0) is 104 Å². The molecule has 3 N–H and O–H groups in total. The molecule has 0 amide bonds. The van der Waals surface area contributed by atoms with Gasteiger partial charge in [-0.3, -0.25) is 4.79 Å². The van der Waals surface area contributed by atoms with Crippen LogP contribution < -0.4 is 0 Å². The number of aliphatic hydroxyl groups excluding tert-OH is 2. The third-order valence-corrected chi connectivity index (χ3v) is 11.0. The number of fused-ring (bicyclic) bond motifs is 5. The maximum absolute atomic E-state index is 11.7. The fraction of sp³-hybridized carbons (Fsp3) is 0.962. The third-order valence-electron chi connectivity index (χ3n) is 11.0. The minimum atomic E-state index is -0.676. The first-order valence-electron chi connectivity index (χ1n) is 12.7. The van der Waals surface area contributed by atoms with Gasteiger partial charge in [0.2, 0.25) is 0 Å². The van der Waals surface area contributed by atoms with E-state index in [0.29, 0.717) is 35.5 Å². The Kier molecular flexibility index (Phi) is 6.07. The van der Waals surface area contributed by atoms with Crippen LogP contribution in [0.1, 0.15) is 91.9 Å². The Hall–Kier alpha value is -0.610. The number of rotatable bonds is 5. The Bertz CT molecular complexity index is 649. The van der Waals surface area contributed by atoms with E-state index < -0.39 is 5.97 Å².